The number of rotatable bonds is 5. The first-order valence-corrected chi connectivity index (χ1v) is 13.0. The molecular weight excluding hydrogens is 482 g/mol. The highest BCUT2D eigenvalue weighted by atomic mass is 32.2. The number of hydrogen-bond acceptors (Lipinski definition) is 4. The normalized spacial score (nSPS) is 18.1. The van der Waals surface area contributed by atoms with Crippen LogP contribution in [0.5, 0.6) is 0 Å². The average molecular weight is 511 g/mol. The fourth-order valence-electron chi connectivity index (χ4n) is 4.41. The number of amides is 2. The summed E-state index contributed by atoms with van der Waals surface area (Å²) in [6.07, 6.45) is 1.86. The van der Waals surface area contributed by atoms with E-state index in [1.54, 1.807) is 35.0 Å². The van der Waals surface area contributed by atoms with Gasteiger partial charge in [0.1, 0.15) is 24.0 Å². The lowest BCUT2D eigenvalue weighted by Gasteiger charge is -2.24. The van der Waals surface area contributed by atoms with Crippen LogP contribution in [0.15, 0.2) is 48.5 Å². The minimum absolute atomic E-state index is 0.0669. The van der Waals surface area contributed by atoms with E-state index in [1.807, 2.05) is 20.8 Å². The molecule has 0 spiro atoms. The first kappa shape index (κ1) is 24.5. The number of thioether (sulfide) groups is 1. The van der Waals surface area contributed by atoms with Crippen LogP contribution in [0, 0.1) is 11.6 Å². The van der Waals surface area contributed by atoms with E-state index in [1.165, 1.54) is 34.9 Å². The predicted octanol–water partition coefficient (Wildman–Crippen LogP) is 4.90. The lowest BCUT2D eigenvalue weighted by atomic mass is 9.87. The van der Waals surface area contributed by atoms with E-state index < -0.39 is 16.5 Å². The van der Waals surface area contributed by atoms with Gasteiger partial charge in [-0.2, -0.15) is 5.10 Å². The molecule has 1 aliphatic carbocycles. The molecule has 1 saturated carbocycles. The van der Waals surface area contributed by atoms with Gasteiger partial charge in [-0.05, 0) is 43.2 Å². The summed E-state index contributed by atoms with van der Waals surface area (Å²) in [4.78, 5) is 27.8. The number of nitrogens with one attached hydrogen (secondary N) is 1. The molecular formula is C27H28F2N4O2S. The molecule has 1 aromatic heterocycles. The van der Waals surface area contributed by atoms with Gasteiger partial charge in [0.25, 0.3) is 0 Å². The lowest BCUT2D eigenvalue weighted by molar-refractivity contribution is -0.123. The molecule has 2 amide bonds. The van der Waals surface area contributed by atoms with Gasteiger partial charge in [-0.3, -0.25) is 14.5 Å². The molecule has 0 radical (unpaired) electrons. The van der Waals surface area contributed by atoms with Crippen molar-refractivity contribution in [2.24, 2.45) is 0 Å². The highest BCUT2D eigenvalue weighted by Crippen LogP contribution is 2.48. The number of carbonyl (C=O) groups is 2. The lowest BCUT2D eigenvalue weighted by Crippen LogP contribution is -2.43. The van der Waals surface area contributed by atoms with E-state index in [9.17, 15) is 14.0 Å². The summed E-state index contributed by atoms with van der Waals surface area (Å²) in [6, 6.07) is 12.5. The predicted molar refractivity (Wildman–Crippen MR) is 136 cm³/mol. The Morgan fingerprint density at radius 1 is 1.11 bits per heavy atom. The summed E-state index contributed by atoms with van der Waals surface area (Å²) >= 11 is 1.32. The summed E-state index contributed by atoms with van der Waals surface area (Å²) in [5.74, 6) is -0.810. The molecule has 0 unspecified atom stereocenters. The van der Waals surface area contributed by atoms with Crippen molar-refractivity contribution in [3.63, 3.8) is 0 Å². The first-order valence-electron chi connectivity index (χ1n) is 12.0. The van der Waals surface area contributed by atoms with Crippen LogP contribution in [0.3, 0.4) is 0 Å². The number of hydrogen-bond donors (Lipinski definition) is 1. The van der Waals surface area contributed by atoms with Gasteiger partial charge in [0.05, 0.1) is 22.4 Å². The summed E-state index contributed by atoms with van der Waals surface area (Å²) in [5.41, 5.74) is 1.90. The molecule has 6 nitrogen and oxygen atoms in total. The molecule has 1 atom stereocenters. The average Bonchev–Trinajstić information content (AvgIpc) is 3.56. The molecule has 36 heavy (non-hydrogen) atoms. The van der Waals surface area contributed by atoms with Gasteiger partial charge < -0.3 is 5.32 Å². The number of halogens is 2. The molecule has 5 rings (SSSR count). The third-order valence-electron chi connectivity index (χ3n) is 6.30. The zero-order chi connectivity index (χ0) is 25.6. The second kappa shape index (κ2) is 9.35. The molecule has 2 aliphatic rings. The molecule has 2 aromatic carbocycles. The van der Waals surface area contributed by atoms with Gasteiger partial charge in [0.2, 0.25) is 11.8 Å². The van der Waals surface area contributed by atoms with Crippen LogP contribution >= 0.6 is 11.8 Å². The maximum Gasteiger partial charge on any atom is 0.240 e. The van der Waals surface area contributed by atoms with Crippen molar-refractivity contribution in [3.8, 4) is 5.69 Å². The van der Waals surface area contributed by atoms with Crippen molar-refractivity contribution in [1.82, 2.24) is 15.1 Å². The third-order valence-corrected chi connectivity index (χ3v) is 7.54. The van der Waals surface area contributed by atoms with Crippen molar-refractivity contribution in [1.29, 1.82) is 0 Å². The smallest absolute Gasteiger partial charge is 0.240 e. The minimum atomic E-state index is -0.523. The quantitative estimate of drug-likeness (QED) is 0.531. The summed E-state index contributed by atoms with van der Waals surface area (Å²) in [7, 11) is 0. The molecule has 1 fully saturated rings. The van der Waals surface area contributed by atoms with Gasteiger partial charge >= 0.3 is 0 Å². The van der Waals surface area contributed by atoms with Gasteiger partial charge in [-0.15, -0.1) is 11.8 Å². The number of fused-ring (bicyclic) bond motifs is 1. The largest absolute Gasteiger partial charge is 0.352 e. The number of aromatic nitrogens is 2. The topological polar surface area (TPSA) is 67.2 Å². The molecule has 188 valence electrons. The zero-order valence-corrected chi connectivity index (χ0v) is 21.2. The third kappa shape index (κ3) is 4.76. The number of nitrogens with zero attached hydrogens (tertiary/aromatic N) is 3. The highest BCUT2D eigenvalue weighted by Gasteiger charge is 2.40. The second-order valence-corrected chi connectivity index (χ2v) is 11.4. The Labute approximate surface area is 213 Å². The van der Waals surface area contributed by atoms with Crippen LogP contribution in [0.4, 0.5) is 14.6 Å². The summed E-state index contributed by atoms with van der Waals surface area (Å²) in [6.45, 7) is 5.84. The summed E-state index contributed by atoms with van der Waals surface area (Å²) < 4.78 is 30.5. The minimum Gasteiger partial charge on any atom is -0.352 e. The van der Waals surface area contributed by atoms with Gasteiger partial charge in [0, 0.05) is 22.6 Å². The second-order valence-electron chi connectivity index (χ2n) is 10.3. The Bertz CT molecular complexity index is 1310. The molecule has 0 saturated heterocycles. The van der Waals surface area contributed by atoms with Crippen LogP contribution in [0.2, 0.25) is 0 Å². The fraction of sp³-hybridized carbons (Fsp3) is 0.370. The van der Waals surface area contributed by atoms with Crippen LogP contribution in [0.1, 0.15) is 55.7 Å². The number of anilines is 1. The van der Waals surface area contributed by atoms with E-state index in [-0.39, 0.29) is 36.0 Å². The standard InChI is InChI=1S/C27H28F2N4O2S/c1-27(2,3)25-23-24(19-6-4-5-7-20(19)29)36-15-22(35)32(14-21(34)30-17-10-11-17)26(23)33(31-25)18-12-8-16(28)9-13-18/h4-9,12-13,17,24H,10-11,14-15H2,1-3H3,(H,30,34)/t24-/m1/s1. The molecule has 1 N–H and O–H groups in total. The Morgan fingerprint density at radius 3 is 2.44 bits per heavy atom. The SMILES string of the molecule is CC(C)(C)c1nn(-c2ccc(F)cc2)c2c1[C@@H](c1ccccc1F)SCC(=O)N2CC(=O)NC1CC1. The van der Waals surface area contributed by atoms with E-state index in [0.717, 1.165) is 12.8 Å². The molecule has 0 bridgehead atoms. The maximum atomic E-state index is 15.1. The zero-order valence-electron chi connectivity index (χ0n) is 20.4. The van der Waals surface area contributed by atoms with Crippen molar-refractivity contribution in [2.75, 3.05) is 17.2 Å². The molecule has 3 aromatic rings. The van der Waals surface area contributed by atoms with Crippen LogP contribution in [0.25, 0.3) is 5.69 Å². The molecule has 9 heteroatoms. The summed E-state index contributed by atoms with van der Waals surface area (Å²) in [5, 5.41) is 7.33. The first-order chi connectivity index (χ1) is 17.1. The van der Waals surface area contributed by atoms with Crippen LogP contribution in [-0.4, -0.2) is 39.9 Å². The Kier molecular flexibility index (Phi) is 6.36. The number of carbonyl (C=O) groups excluding carboxylic acids is 2. The van der Waals surface area contributed by atoms with Crippen molar-refractivity contribution in [3.05, 3.63) is 77.0 Å². The Balaban J connectivity index is 1.75. The fourth-order valence-corrected chi connectivity index (χ4v) is 5.63. The van der Waals surface area contributed by atoms with Crippen molar-refractivity contribution in [2.45, 2.75) is 50.3 Å². The van der Waals surface area contributed by atoms with Gasteiger partial charge in [-0.25, -0.2) is 13.5 Å². The van der Waals surface area contributed by atoms with E-state index in [0.29, 0.717) is 28.3 Å². The van der Waals surface area contributed by atoms with E-state index >= 15 is 4.39 Å². The van der Waals surface area contributed by atoms with Crippen LogP contribution < -0.4 is 10.2 Å². The number of benzene rings is 2. The van der Waals surface area contributed by atoms with Crippen molar-refractivity contribution >= 4 is 29.4 Å². The Morgan fingerprint density at radius 2 is 1.81 bits per heavy atom. The van der Waals surface area contributed by atoms with E-state index in [2.05, 4.69) is 5.32 Å². The molecule has 1 aliphatic heterocycles. The molecule has 2 heterocycles. The monoisotopic (exact) mass is 510 g/mol. The van der Waals surface area contributed by atoms with Gasteiger partial charge in [-0.1, -0.05) is 39.0 Å². The van der Waals surface area contributed by atoms with Crippen LogP contribution in [-0.2, 0) is 15.0 Å². The Hall–Kier alpha value is -3.20. The van der Waals surface area contributed by atoms with Crippen molar-refractivity contribution < 1.29 is 18.4 Å². The maximum absolute atomic E-state index is 15.1. The van der Waals surface area contributed by atoms with Gasteiger partial charge in [0.15, 0.2) is 0 Å². The van der Waals surface area contributed by atoms with E-state index in [4.69, 9.17) is 5.10 Å². The highest BCUT2D eigenvalue weighted by molar-refractivity contribution is 8.00.